The molecule has 22 heavy (non-hydrogen) atoms. The zero-order chi connectivity index (χ0) is 15.9. The molecule has 0 spiro atoms. The quantitative estimate of drug-likeness (QED) is 0.634. The van der Waals surface area contributed by atoms with Crippen molar-refractivity contribution in [3.8, 4) is 0 Å². The molecular formula is C14H15N3O3S2. The van der Waals surface area contributed by atoms with Crippen molar-refractivity contribution >= 4 is 33.6 Å². The van der Waals surface area contributed by atoms with Gasteiger partial charge in [-0.25, -0.2) is 4.98 Å². The summed E-state index contributed by atoms with van der Waals surface area (Å²) < 4.78 is 0. The van der Waals surface area contributed by atoms with Gasteiger partial charge in [-0.3, -0.25) is 14.9 Å². The first kappa shape index (κ1) is 15.1. The number of aromatic nitrogens is 1. The second kappa shape index (κ2) is 5.77. The van der Waals surface area contributed by atoms with Crippen LogP contribution in [0.4, 0.5) is 5.00 Å². The van der Waals surface area contributed by atoms with Crippen LogP contribution in [-0.4, -0.2) is 27.8 Å². The van der Waals surface area contributed by atoms with Crippen LogP contribution in [0.25, 0.3) is 0 Å². The van der Waals surface area contributed by atoms with E-state index in [1.54, 1.807) is 28.7 Å². The van der Waals surface area contributed by atoms with Gasteiger partial charge in [0.1, 0.15) is 0 Å². The van der Waals surface area contributed by atoms with E-state index in [1.807, 2.05) is 6.92 Å². The molecule has 0 aliphatic heterocycles. The Bertz CT molecular complexity index is 738. The van der Waals surface area contributed by atoms with Crippen LogP contribution in [0.5, 0.6) is 0 Å². The number of thiazole rings is 1. The first-order chi connectivity index (χ1) is 10.5. The normalized spacial score (nSPS) is 17.1. The number of thiophene rings is 1. The SMILES string of the molecule is Cc1nc2c(s1)[C@H](N(C)C(=O)c1csc([N+](=O)[O-])c1)CCC2. The zero-order valence-electron chi connectivity index (χ0n) is 12.2. The van der Waals surface area contributed by atoms with Crippen LogP contribution in [0.3, 0.4) is 0 Å². The maximum atomic E-state index is 12.6. The predicted molar refractivity (Wildman–Crippen MR) is 85.6 cm³/mol. The van der Waals surface area contributed by atoms with Crippen LogP contribution in [0.2, 0.25) is 0 Å². The summed E-state index contributed by atoms with van der Waals surface area (Å²) in [5.74, 6) is -0.173. The smallest absolute Gasteiger partial charge is 0.324 e. The molecule has 1 atom stereocenters. The van der Waals surface area contributed by atoms with Crippen LogP contribution >= 0.6 is 22.7 Å². The topological polar surface area (TPSA) is 76.3 Å². The van der Waals surface area contributed by atoms with Crippen LogP contribution in [0.1, 0.15) is 44.8 Å². The number of carbonyl (C=O) groups excluding carboxylic acids is 1. The van der Waals surface area contributed by atoms with Crippen LogP contribution in [-0.2, 0) is 6.42 Å². The second-order valence-electron chi connectivity index (χ2n) is 5.30. The van der Waals surface area contributed by atoms with Crippen molar-refractivity contribution in [1.82, 2.24) is 9.88 Å². The maximum absolute atomic E-state index is 12.6. The third kappa shape index (κ3) is 2.64. The van der Waals surface area contributed by atoms with Gasteiger partial charge in [0.25, 0.3) is 5.91 Å². The molecule has 1 aliphatic rings. The Morgan fingerprint density at radius 3 is 3.00 bits per heavy atom. The summed E-state index contributed by atoms with van der Waals surface area (Å²) in [6.07, 6.45) is 2.87. The lowest BCUT2D eigenvalue weighted by Gasteiger charge is -2.30. The number of nitrogens with zero attached hydrogens (tertiary/aromatic N) is 3. The fourth-order valence-electron chi connectivity index (χ4n) is 2.77. The standard InChI is InChI=1S/C14H15N3O3S2/c1-8-15-10-4-3-5-11(13(10)22-8)16(2)14(18)9-6-12(17(19)20)21-7-9/h6-7,11H,3-5H2,1-2H3/t11-/m1/s1. The molecule has 0 saturated carbocycles. The number of carbonyl (C=O) groups is 1. The van der Waals surface area contributed by atoms with E-state index in [1.165, 1.54) is 6.07 Å². The Kier molecular flexibility index (Phi) is 3.96. The van der Waals surface area contributed by atoms with Gasteiger partial charge in [-0.15, -0.1) is 11.3 Å². The largest absolute Gasteiger partial charge is 0.334 e. The molecule has 1 amide bonds. The van der Waals surface area contributed by atoms with E-state index in [4.69, 9.17) is 0 Å². The summed E-state index contributed by atoms with van der Waals surface area (Å²) in [5, 5.41) is 13.3. The van der Waals surface area contributed by atoms with Gasteiger partial charge in [0, 0.05) is 18.5 Å². The lowest BCUT2D eigenvalue weighted by molar-refractivity contribution is -0.380. The Morgan fingerprint density at radius 1 is 1.55 bits per heavy atom. The predicted octanol–water partition coefficient (Wildman–Crippen LogP) is 3.57. The van der Waals surface area contributed by atoms with Crippen molar-refractivity contribution in [2.75, 3.05) is 7.05 Å². The zero-order valence-corrected chi connectivity index (χ0v) is 13.9. The molecule has 2 aromatic heterocycles. The second-order valence-corrected chi connectivity index (χ2v) is 7.42. The van der Waals surface area contributed by atoms with Crippen LogP contribution < -0.4 is 0 Å². The monoisotopic (exact) mass is 337 g/mol. The van der Waals surface area contributed by atoms with Gasteiger partial charge in [-0.2, -0.15) is 0 Å². The number of nitro groups is 1. The molecule has 116 valence electrons. The lowest BCUT2D eigenvalue weighted by Crippen LogP contribution is -2.32. The molecule has 0 unspecified atom stereocenters. The van der Waals surface area contributed by atoms with Crippen molar-refractivity contribution in [2.24, 2.45) is 0 Å². The fourth-order valence-corrected chi connectivity index (χ4v) is 4.62. The highest BCUT2D eigenvalue weighted by molar-refractivity contribution is 7.13. The minimum Gasteiger partial charge on any atom is -0.334 e. The number of rotatable bonds is 3. The molecule has 6 nitrogen and oxygen atoms in total. The molecule has 0 fully saturated rings. The number of amides is 1. The van der Waals surface area contributed by atoms with Crippen LogP contribution in [0, 0.1) is 17.0 Å². The number of hydrogen-bond acceptors (Lipinski definition) is 6. The molecule has 0 saturated heterocycles. The first-order valence-electron chi connectivity index (χ1n) is 6.93. The highest BCUT2D eigenvalue weighted by Crippen LogP contribution is 2.38. The Hall–Kier alpha value is -1.80. The van der Waals surface area contributed by atoms with E-state index < -0.39 is 4.92 Å². The summed E-state index contributed by atoms with van der Waals surface area (Å²) in [6.45, 7) is 1.98. The summed E-state index contributed by atoms with van der Waals surface area (Å²) in [5.41, 5.74) is 1.47. The Labute approximate surface area is 135 Å². The molecule has 8 heteroatoms. The Morgan fingerprint density at radius 2 is 2.32 bits per heavy atom. The van der Waals surface area contributed by atoms with E-state index in [0.29, 0.717) is 5.56 Å². The van der Waals surface area contributed by atoms with Crippen molar-refractivity contribution in [1.29, 1.82) is 0 Å². The molecule has 2 aromatic rings. The van der Waals surface area contributed by atoms with Gasteiger partial charge in [-0.1, -0.05) is 11.3 Å². The maximum Gasteiger partial charge on any atom is 0.324 e. The molecular weight excluding hydrogens is 322 g/mol. The molecule has 3 rings (SSSR count). The summed E-state index contributed by atoms with van der Waals surface area (Å²) >= 11 is 2.62. The van der Waals surface area contributed by atoms with E-state index in [2.05, 4.69) is 4.98 Å². The fraction of sp³-hybridized carbons (Fsp3) is 0.429. The van der Waals surface area contributed by atoms with Crippen molar-refractivity contribution in [2.45, 2.75) is 32.2 Å². The van der Waals surface area contributed by atoms with Gasteiger partial charge in [-0.05, 0) is 26.2 Å². The van der Waals surface area contributed by atoms with E-state index >= 15 is 0 Å². The van der Waals surface area contributed by atoms with Gasteiger partial charge in [0.2, 0.25) is 0 Å². The van der Waals surface area contributed by atoms with Crippen LogP contribution in [0.15, 0.2) is 11.4 Å². The first-order valence-corrected chi connectivity index (χ1v) is 8.63. The van der Waals surface area contributed by atoms with Crippen molar-refractivity contribution in [3.05, 3.63) is 42.7 Å². The third-order valence-electron chi connectivity index (χ3n) is 3.83. The molecule has 0 aromatic carbocycles. The highest BCUT2D eigenvalue weighted by atomic mass is 32.1. The number of fused-ring (bicyclic) bond motifs is 1. The average Bonchev–Trinajstić information content (AvgIpc) is 3.10. The van der Waals surface area contributed by atoms with Gasteiger partial charge in [0.05, 0.1) is 32.1 Å². The molecule has 0 radical (unpaired) electrons. The summed E-state index contributed by atoms with van der Waals surface area (Å²) in [4.78, 5) is 30.3. The Balaban J connectivity index is 1.85. The van der Waals surface area contributed by atoms with E-state index in [0.717, 1.165) is 46.2 Å². The third-order valence-corrected chi connectivity index (χ3v) is 5.82. The molecule has 0 N–H and O–H groups in total. The summed E-state index contributed by atoms with van der Waals surface area (Å²) in [6, 6.07) is 1.37. The number of aryl methyl sites for hydroxylation is 2. The van der Waals surface area contributed by atoms with Gasteiger partial charge < -0.3 is 4.90 Å². The average molecular weight is 337 g/mol. The lowest BCUT2D eigenvalue weighted by atomic mass is 9.96. The molecule has 1 aliphatic carbocycles. The van der Waals surface area contributed by atoms with Crippen molar-refractivity contribution < 1.29 is 9.72 Å². The summed E-state index contributed by atoms with van der Waals surface area (Å²) in [7, 11) is 1.76. The minimum atomic E-state index is -0.466. The van der Waals surface area contributed by atoms with E-state index in [9.17, 15) is 14.9 Å². The van der Waals surface area contributed by atoms with Gasteiger partial charge >= 0.3 is 5.00 Å². The molecule has 0 bridgehead atoms. The van der Waals surface area contributed by atoms with Gasteiger partial charge in [0.15, 0.2) is 0 Å². The van der Waals surface area contributed by atoms with Crippen molar-refractivity contribution in [3.63, 3.8) is 0 Å². The minimum absolute atomic E-state index is 0.00489. The number of hydrogen-bond donors (Lipinski definition) is 0. The van der Waals surface area contributed by atoms with E-state index in [-0.39, 0.29) is 17.0 Å². The highest BCUT2D eigenvalue weighted by Gasteiger charge is 2.30. The molecule has 2 heterocycles.